The van der Waals surface area contributed by atoms with E-state index in [4.69, 9.17) is 16.0 Å². The van der Waals surface area contributed by atoms with Gasteiger partial charge in [-0.3, -0.25) is 0 Å². The van der Waals surface area contributed by atoms with Gasteiger partial charge in [0.2, 0.25) is 5.89 Å². The van der Waals surface area contributed by atoms with Crippen LogP contribution in [0.4, 0.5) is 5.95 Å². The predicted molar refractivity (Wildman–Crippen MR) is 45.3 cm³/mol. The third-order valence-corrected chi connectivity index (χ3v) is 1.47. The Hall–Kier alpha value is -1.10. The van der Waals surface area contributed by atoms with E-state index in [0.717, 1.165) is 6.42 Å². The minimum absolute atomic E-state index is 0.180. The fourth-order valence-corrected chi connectivity index (χ4v) is 0.799. The first kappa shape index (κ1) is 8.99. The number of nitrogens with two attached hydrogens (primary N) is 2. The second-order valence-corrected chi connectivity index (χ2v) is 3.53. The maximum Gasteiger partial charge on any atom is 0.260 e. The number of anilines is 1. The molecule has 1 aromatic heterocycles. The Labute approximate surface area is 71.1 Å². The third-order valence-electron chi connectivity index (χ3n) is 1.47. The van der Waals surface area contributed by atoms with E-state index in [-0.39, 0.29) is 11.5 Å². The molecule has 0 unspecified atom stereocenters. The summed E-state index contributed by atoms with van der Waals surface area (Å²) in [6, 6.07) is 0. The summed E-state index contributed by atoms with van der Waals surface area (Å²) in [6.07, 6.45) is 1.47. The van der Waals surface area contributed by atoms with Crippen molar-refractivity contribution in [1.82, 2.24) is 10.1 Å². The molecule has 1 aromatic rings. The molecule has 12 heavy (non-hydrogen) atoms. The van der Waals surface area contributed by atoms with Gasteiger partial charge in [-0.05, 0) is 25.4 Å². The molecular formula is C7H14N4O. The van der Waals surface area contributed by atoms with E-state index in [1.54, 1.807) is 0 Å². The van der Waals surface area contributed by atoms with Gasteiger partial charge in [-0.15, -0.1) is 0 Å². The molecule has 0 amide bonds. The van der Waals surface area contributed by atoms with Gasteiger partial charge in [0.25, 0.3) is 5.95 Å². The fraction of sp³-hybridized carbons (Fsp3) is 0.714. The quantitative estimate of drug-likeness (QED) is 0.681. The van der Waals surface area contributed by atoms with E-state index in [1.165, 1.54) is 0 Å². The van der Waals surface area contributed by atoms with Crippen LogP contribution < -0.4 is 11.5 Å². The molecule has 1 rings (SSSR count). The summed E-state index contributed by atoms with van der Waals surface area (Å²) in [5, 5.41) is 3.47. The standard InChI is InChI=1S/C7H14N4O/c1-7(2,9)4-3-5-10-6(8)11-12-5/h3-4,9H2,1-2H3,(H2,8,11). The van der Waals surface area contributed by atoms with Crippen LogP contribution in [-0.4, -0.2) is 15.7 Å². The zero-order valence-corrected chi connectivity index (χ0v) is 7.37. The largest absolute Gasteiger partial charge is 0.365 e. The van der Waals surface area contributed by atoms with Gasteiger partial charge in [0.05, 0.1) is 0 Å². The minimum Gasteiger partial charge on any atom is -0.365 e. The zero-order valence-electron chi connectivity index (χ0n) is 7.37. The highest BCUT2D eigenvalue weighted by molar-refractivity contribution is 5.10. The van der Waals surface area contributed by atoms with Crippen molar-refractivity contribution in [2.45, 2.75) is 32.2 Å². The summed E-state index contributed by atoms with van der Waals surface area (Å²) in [7, 11) is 0. The maximum atomic E-state index is 5.77. The summed E-state index contributed by atoms with van der Waals surface area (Å²) < 4.78 is 4.82. The molecule has 0 spiro atoms. The number of aryl methyl sites for hydroxylation is 1. The van der Waals surface area contributed by atoms with Crippen molar-refractivity contribution < 1.29 is 4.52 Å². The molecule has 0 saturated heterocycles. The molecule has 0 atom stereocenters. The Morgan fingerprint density at radius 1 is 1.50 bits per heavy atom. The maximum absolute atomic E-state index is 5.77. The van der Waals surface area contributed by atoms with Crippen molar-refractivity contribution in [3.8, 4) is 0 Å². The van der Waals surface area contributed by atoms with Crippen LogP contribution in [0.25, 0.3) is 0 Å². The molecule has 4 N–H and O–H groups in total. The number of hydrogen-bond donors (Lipinski definition) is 2. The molecule has 0 aliphatic carbocycles. The topological polar surface area (TPSA) is 91.0 Å². The van der Waals surface area contributed by atoms with Gasteiger partial charge in [-0.1, -0.05) is 0 Å². The summed E-state index contributed by atoms with van der Waals surface area (Å²) in [5.74, 6) is 0.728. The summed E-state index contributed by atoms with van der Waals surface area (Å²) in [5.41, 5.74) is 10.8. The number of nitrogens with zero attached hydrogens (tertiary/aromatic N) is 2. The highest BCUT2D eigenvalue weighted by atomic mass is 16.5. The van der Waals surface area contributed by atoms with Crippen LogP contribution in [0.5, 0.6) is 0 Å². The van der Waals surface area contributed by atoms with Crippen molar-refractivity contribution in [1.29, 1.82) is 0 Å². The Balaban J connectivity index is 2.44. The first-order valence-corrected chi connectivity index (χ1v) is 3.84. The molecule has 0 aromatic carbocycles. The first-order valence-electron chi connectivity index (χ1n) is 3.84. The van der Waals surface area contributed by atoms with Gasteiger partial charge in [0.1, 0.15) is 0 Å². The van der Waals surface area contributed by atoms with Crippen LogP contribution in [-0.2, 0) is 6.42 Å². The van der Waals surface area contributed by atoms with E-state index in [1.807, 2.05) is 13.8 Å². The first-order chi connectivity index (χ1) is 5.47. The lowest BCUT2D eigenvalue weighted by atomic mass is 10.0. The van der Waals surface area contributed by atoms with E-state index < -0.39 is 0 Å². The lowest BCUT2D eigenvalue weighted by Gasteiger charge is -2.16. The van der Waals surface area contributed by atoms with Gasteiger partial charge in [0, 0.05) is 12.0 Å². The van der Waals surface area contributed by atoms with E-state index >= 15 is 0 Å². The smallest absolute Gasteiger partial charge is 0.260 e. The minimum atomic E-state index is -0.205. The average Bonchev–Trinajstić information content (AvgIpc) is 2.30. The van der Waals surface area contributed by atoms with Crippen LogP contribution in [0.15, 0.2) is 4.52 Å². The van der Waals surface area contributed by atoms with Crippen LogP contribution in [0.1, 0.15) is 26.2 Å². The molecule has 0 bridgehead atoms. The van der Waals surface area contributed by atoms with Crippen LogP contribution in [0.3, 0.4) is 0 Å². The van der Waals surface area contributed by atoms with Crippen molar-refractivity contribution >= 4 is 5.95 Å². The second kappa shape index (κ2) is 3.10. The zero-order chi connectivity index (χ0) is 9.19. The van der Waals surface area contributed by atoms with E-state index in [2.05, 4.69) is 10.1 Å². The SMILES string of the molecule is CC(C)(N)CCc1nc(N)no1. The fourth-order valence-electron chi connectivity index (χ4n) is 0.799. The molecule has 0 aliphatic heterocycles. The van der Waals surface area contributed by atoms with Crippen molar-refractivity contribution in [3.63, 3.8) is 0 Å². The Bertz CT molecular complexity index is 250. The third kappa shape index (κ3) is 2.87. The van der Waals surface area contributed by atoms with Gasteiger partial charge in [-0.2, -0.15) is 4.98 Å². The van der Waals surface area contributed by atoms with Gasteiger partial charge >= 0.3 is 0 Å². The number of aromatic nitrogens is 2. The molecule has 0 aliphatic rings. The molecular weight excluding hydrogens is 156 g/mol. The predicted octanol–water partition coefficient (Wildman–Crippen LogP) is 0.322. The summed E-state index contributed by atoms with van der Waals surface area (Å²) in [6.45, 7) is 3.90. The van der Waals surface area contributed by atoms with Crippen molar-refractivity contribution in [2.24, 2.45) is 5.73 Å². The van der Waals surface area contributed by atoms with Crippen LogP contribution in [0.2, 0.25) is 0 Å². The molecule has 0 radical (unpaired) electrons. The van der Waals surface area contributed by atoms with E-state index in [9.17, 15) is 0 Å². The average molecular weight is 170 g/mol. The number of rotatable bonds is 3. The highest BCUT2D eigenvalue weighted by Crippen LogP contribution is 2.09. The second-order valence-electron chi connectivity index (χ2n) is 3.53. The Morgan fingerprint density at radius 3 is 2.58 bits per heavy atom. The lowest BCUT2D eigenvalue weighted by Crippen LogP contribution is -2.32. The molecule has 5 heteroatoms. The van der Waals surface area contributed by atoms with Crippen LogP contribution in [0, 0.1) is 0 Å². The monoisotopic (exact) mass is 170 g/mol. The summed E-state index contributed by atoms with van der Waals surface area (Å²) >= 11 is 0. The number of hydrogen-bond acceptors (Lipinski definition) is 5. The van der Waals surface area contributed by atoms with Gasteiger partial charge < -0.3 is 16.0 Å². The van der Waals surface area contributed by atoms with Crippen LogP contribution >= 0.6 is 0 Å². The normalized spacial score (nSPS) is 11.9. The van der Waals surface area contributed by atoms with Gasteiger partial charge in [0.15, 0.2) is 0 Å². The van der Waals surface area contributed by atoms with E-state index in [0.29, 0.717) is 12.3 Å². The molecule has 0 saturated carbocycles. The molecule has 5 nitrogen and oxygen atoms in total. The Kier molecular flexibility index (Phi) is 2.32. The van der Waals surface area contributed by atoms with Crippen molar-refractivity contribution in [3.05, 3.63) is 5.89 Å². The number of nitrogen functional groups attached to an aromatic ring is 1. The summed E-state index contributed by atoms with van der Waals surface area (Å²) in [4.78, 5) is 3.86. The lowest BCUT2D eigenvalue weighted by molar-refractivity contribution is 0.358. The Morgan fingerprint density at radius 2 is 2.17 bits per heavy atom. The highest BCUT2D eigenvalue weighted by Gasteiger charge is 2.12. The molecule has 1 heterocycles. The molecule has 0 fully saturated rings. The van der Waals surface area contributed by atoms with Crippen molar-refractivity contribution in [2.75, 3.05) is 5.73 Å². The van der Waals surface area contributed by atoms with Gasteiger partial charge in [-0.25, -0.2) is 0 Å². The molecule has 68 valence electrons.